The first-order valence-electron chi connectivity index (χ1n) is 4.83. The maximum Gasteiger partial charge on any atom is 0.0660 e. The van der Waals surface area contributed by atoms with Gasteiger partial charge in [-0.1, -0.05) is 11.6 Å². The van der Waals surface area contributed by atoms with E-state index in [4.69, 9.17) is 17.3 Å². The molecule has 0 amide bonds. The van der Waals surface area contributed by atoms with Crippen LogP contribution in [-0.2, 0) is 0 Å². The Bertz CT molecular complexity index is 330. The normalized spacial score (nSPS) is 12.5. The standard InChI is InChI=1S/C11H17ClN2S/c1-8(7-15-3)14(2)11-5-4-9(13)6-10(11)12/h4-6,8H,7,13H2,1-3H3. The molecule has 2 nitrogen and oxygen atoms in total. The Morgan fingerprint density at radius 2 is 2.20 bits per heavy atom. The average Bonchev–Trinajstić information content (AvgIpc) is 2.17. The quantitative estimate of drug-likeness (QED) is 0.826. The molecule has 0 aliphatic carbocycles. The number of rotatable bonds is 4. The third-order valence-electron chi connectivity index (χ3n) is 2.42. The van der Waals surface area contributed by atoms with Crippen LogP contribution in [0, 0.1) is 0 Å². The largest absolute Gasteiger partial charge is 0.399 e. The molecule has 0 aliphatic heterocycles. The summed E-state index contributed by atoms with van der Waals surface area (Å²) in [7, 11) is 2.05. The van der Waals surface area contributed by atoms with E-state index < -0.39 is 0 Å². The van der Waals surface area contributed by atoms with E-state index in [2.05, 4.69) is 25.1 Å². The first-order valence-corrected chi connectivity index (χ1v) is 6.60. The number of hydrogen-bond donors (Lipinski definition) is 1. The number of hydrogen-bond acceptors (Lipinski definition) is 3. The van der Waals surface area contributed by atoms with E-state index in [1.54, 1.807) is 6.07 Å². The summed E-state index contributed by atoms with van der Waals surface area (Å²) < 4.78 is 0. The third-order valence-corrected chi connectivity index (χ3v) is 3.54. The molecule has 0 aromatic heterocycles. The lowest BCUT2D eigenvalue weighted by atomic mass is 10.2. The van der Waals surface area contributed by atoms with Crippen LogP contribution < -0.4 is 10.6 Å². The molecule has 0 spiro atoms. The Morgan fingerprint density at radius 3 is 2.73 bits per heavy atom. The highest BCUT2D eigenvalue weighted by Crippen LogP contribution is 2.28. The summed E-state index contributed by atoms with van der Waals surface area (Å²) in [4.78, 5) is 2.18. The fourth-order valence-corrected chi connectivity index (χ4v) is 2.43. The van der Waals surface area contributed by atoms with Crippen molar-refractivity contribution in [2.45, 2.75) is 13.0 Å². The fraction of sp³-hybridized carbons (Fsp3) is 0.455. The Hall–Kier alpha value is -0.540. The van der Waals surface area contributed by atoms with Crippen molar-refractivity contribution in [2.75, 3.05) is 29.7 Å². The molecule has 4 heteroatoms. The SMILES string of the molecule is CSCC(C)N(C)c1ccc(N)cc1Cl. The molecule has 0 fully saturated rings. The Labute approximate surface area is 101 Å². The Morgan fingerprint density at radius 1 is 1.53 bits per heavy atom. The van der Waals surface area contributed by atoms with Crippen molar-refractivity contribution < 1.29 is 0 Å². The predicted octanol–water partition coefficient (Wildman–Crippen LogP) is 3.11. The predicted molar refractivity (Wildman–Crippen MR) is 72.1 cm³/mol. The highest BCUT2D eigenvalue weighted by Gasteiger charge is 2.12. The van der Waals surface area contributed by atoms with Gasteiger partial charge in [-0.25, -0.2) is 0 Å². The van der Waals surface area contributed by atoms with Crippen molar-refractivity contribution in [3.63, 3.8) is 0 Å². The minimum atomic E-state index is 0.459. The van der Waals surface area contributed by atoms with Crippen LogP contribution in [0.5, 0.6) is 0 Å². The van der Waals surface area contributed by atoms with Gasteiger partial charge in [0.15, 0.2) is 0 Å². The van der Waals surface area contributed by atoms with Gasteiger partial charge in [0.2, 0.25) is 0 Å². The van der Waals surface area contributed by atoms with Crippen molar-refractivity contribution >= 4 is 34.7 Å². The topological polar surface area (TPSA) is 29.3 Å². The van der Waals surface area contributed by atoms with Crippen LogP contribution in [0.1, 0.15) is 6.92 Å². The molecular weight excluding hydrogens is 228 g/mol. The number of nitrogens with zero attached hydrogens (tertiary/aromatic N) is 1. The van der Waals surface area contributed by atoms with Gasteiger partial charge in [0, 0.05) is 24.5 Å². The van der Waals surface area contributed by atoms with E-state index in [1.807, 2.05) is 23.9 Å². The van der Waals surface area contributed by atoms with Crippen molar-refractivity contribution in [2.24, 2.45) is 0 Å². The van der Waals surface area contributed by atoms with E-state index in [0.717, 1.165) is 11.4 Å². The highest BCUT2D eigenvalue weighted by molar-refractivity contribution is 7.98. The van der Waals surface area contributed by atoms with Crippen molar-refractivity contribution in [3.8, 4) is 0 Å². The van der Waals surface area contributed by atoms with Crippen LogP contribution in [0.4, 0.5) is 11.4 Å². The molecule has 0 saturated heterocycles. The summed E-state index contributed by atoms with van der Waals surface area (Å²) in [6.45, 7) is 2.18. The lowest BCUT2D eigenvalue weighted by molar-refractivity contribution is 0.766. The average molecular weight is 245 g/mol. The molecule has 1 unspecified atom stereocenters. The number of halogens is 1. The number of benzene rings is 1. The van der Waals surface area contributed by atoms with Gasteiger partial charge in [0.05, 0.1) is 10.7 Å². The maximum absolute atomic E-state index is 6.14. The van der Waals surface area contributed by atoms with E-state index in [1.165, 1.54) is 0 Å². The van der Waals surface area contributed by atoms with E-state index in [9.17, 15) is 0 Å². The zero-order valence-corrected chi connectivity index (χ0v) is 10.9. The third kappa shape index (κ3) is 3.21. The molecule has 0 saturated carbocycles. The van der Waals surface area contributed by atoms with Crippen LogP contribution >= 0.6 is 23.4 Å². The molecule has 1 rings (SSSR count). The summed E-state index contributed by atoms with van der Waals surface area (Å²) in [6.07, 6.45) is 2.11. The summed E-state index contributed by atoms with van der Waals surface area (Å²) in [5.41, 5.74) is 7.39. The molecule has 2 N–H and O–H groups in total. The van der Waals surface area contributed by atoms with Crippen LogP contribution in [0.25, 0.3) is 0 Å². The molecule has 1 aromatic rings. The smallest absolute Gasteiger partial charge is 0.0660 e. The number of thioether (sulfide) groups is 1. The fourth-order valence-electron chi connectivity index (χ4n) is 1.40. The van der Waals surface area contributed by atoms with Crippen LogP contribution in [0.3, 0.4) is 0 Å². The van der Waals surface area contributed by atoms with Gasteiger partial charge in [-0.15, -0.1) is 0 Å². The van der Waals surface area contributed by atoms with Crippen LogP contribution in [-0.4, -0.2) is 25.1 Å². The molecule has 0 heterocycles. The summed E-state index contributed by atoms with van der Waals surface area (Å²) >= 11 is 7.97. The van der Waals surface area contributed by atoms with Gasteiger partial charge in [-0.05, 0) is 31.4 Å². The van der Waals surface area contributed by atoms with Gasteiger partial charge in [-0.2, -0.15) is 11.8 Å². The van der Waals surface area contributed by atoms with Gasteiger partial charge in [-0.3, -0.25) is 0 Å². The highest BCUT2D eigenvalue weighted by atomic mass is 35.5. The lowest BCUT2D eigenvalue weighted by Crippen LogP contribution is -2.30. The summed E-state index contributed by atoms with van der Waals surface area (Å²) in [5.74, 6) is 1.08. The molecule has 0 bridgehead atoms. The first-order chi connectivity index (χ1) is 7.06. The van der Waals surface area contributed by atoms with Crippen molar-refractivity contribution in [1.82, 2.24) is 0 Å². The Kier molecular flexibility index (Phi) is 4.61. The van der Waals surface area contributed by atoms with Crippen LogP contribution in [0.2, 0.25) is 5.02 Å². The number of nitrogens with two attached hydrogens (primary N) is 1. The van der Waals surface area contributed by atoms with Crippen LogP contribution in [0.15, 0.2) is 18.2 Å². The summed E-state index contributed by atoms with van der Waals surface area (Å²) in [6, 6.07) is 6.10. The molecule has 1 aromatic carbocycles. The van der Waals surface area contributed by atoms with Gasteiger partial charge in [0.1, 0.15) is 0 Å². The lowest BCUT2D eigenvalue weighted by Gasteiger charge is -2.27. The molecule has 15 heavy (non-hydrogen) atoms. The summed E-state index contributed by atoms with van der Waals surface area (Å²) in [5, 5.41) is 0.713. The van der Waals surface area contributed by atoms with E-state index in [0.29, 0.717) is 16.8 Å². The van der Waals surface area contributed by atoms with E-state index >= 15 is 0 Å². The second-order valence-electron chi connectivity index (χ2n) is 3.63. The van der Waals surface area contributed by atoms with Crippen molar-refractivity contribution in [3.05, 3.63) is 23.2 Å². The molecular formula is C11H17ClN2S. The first kappa shape index (κ1) is 12.5. The number of nitrogen functional groups attached to an aromatic ring is 1. The zero-order chi connectivity index (χ0) is 11.4. The number of anilines is 2. The molecule has 1 atom stereocenters. The van der Waals surface area contributed by atoms with Gasteiger partial charge >= 0.3 is 0 Å². The second kappa shape index (κ2) is 5.52. The second-order valence-corrected chi connectivity index (χ2v) is 4.94. The molecule has 84 valence electrons. The molecule has 0 radical (unpaired) electrons. The zero-order valence-electron chi connectivity index (χ0n) is 9.33. The molecule has 0 aliphatic rings. The van der Waals surface area contributed by atoms with E-state index in [-0.39, 0.29) is 0 Å². The van der Waals surface area contributed by atoms with Gasteiger partial charge < -0.3 is 10.6 Å². The maximum atomic E-state index is 6.14. The van der Waals surface area contributed by atoms with Crippen molar-refractivity contribution in [1.29, 1.82) is 0 Å². The minimum absolute atomic E-state index is 0.459. The minimum Gasteiger partial charge on any atom is -0.399 e. The monoisotopic (exact) mass is 244 g/mol. The van der Waals surface area contributed by atoms with Gasteiger partial charge in [0.25, 0.3) is 0 Å². The Balaban J connectivity index is 2.86.